The number of aromatic nitrogens is 3. The number of rotatable bonds is 8. The average Bonchev–Trinajstić information content (AvgIpc) is 3.18. The Morgan fingerprint density at radius 1 is 1.16 bits per heavy atom. The van der Waals surface area contributed by atoms with E-state index >= 15 is 0 Å². The fourth-order valence-electron chi connectivity index (χ4n) is 4.51. The monoisotopic (exact) mass is 419 g/mol. The van der Waals surface area contributed by atoms with Crippen molar-refractivity contribution in [3.05, 3.63) is 48.3 Å². The van der Waals surface area contributed by atoms with Crippen molar-refractivity contribution in [1.82, 2.24) is 14.5 Å². The van der Waals surface area contributed by atoms with Crippen LogP contribution >= 0.6 is 0 Å². The Morgan fingerprint density at radius 3 is 2.58 bits per heavy atom. The van der Waals surface area contributed by atoms with Crippen molar-refractivity contribution < 1.29 is 4.79 Å². The molecule has 3 aromatic rings. The van der Waals surface area contributed by atoms with Gasteiger partial charge in [0.2, 0.25) is 0 Å². The van der Waals surface area contributed by atoms with Crippen LogP contribution in [-0.2, 0) is 11.3 Å². The largest absolute Gasteiger partial charge is 0.379 e. The minimum atomic E-state index is 0.289. The molecule has 1 saturated carbocycles. The molecule has 4 rings (SSSR count). The highest BCUT2D eigenvalue weighted by Gasteiger charge is 2.23. The van der Waals surface area contributed by atoms with E-state index in [1.54, 1.807) is 6.92 Å². The summed E-state index contributed by atoms with van der Waals surface area (Å²) in [6.45, 7) is 6.74. The number of Topliss-reactive ketones (excluding diaryl/α,β-unsaturated/α-hetero) is 1. The molecule has 0 spiro atoms. The summed E-state index contributed by atoms with van der Waals surface area (Å²) in [7, 11) is 0. The zero-order valence-electron chi connectivity index (χ0n) is 18.8. The summed E-state index contributed by atoms with van der Waals surface area (Å²) in [5.74, 6) is 1.73. The van der Waals surface area contributed by atoms with Gasteiger partial charge in [-0.15, -0.1) is 0 Å². The maximum Gasteiger partial charge on any atom is 0.164 e. The molecule has 0 bridgehead atoms. The molecule has 0 unspecified atom stereocenters. The van der Waals surface area contributed by atoms with Crippen molar-refractivity contribution in [2.75, 3.05) is 10.6 Å². The fraction of sp³-hybridized carbons (Fsp3) is 0.480. The van der Waals surface area contributed by atoms with Gasteiger partial charge >= 0.3 is 0 Å². The maximum atomic E-state index is 11.4. The normalized spacial score (nSPS) is 19.0. The van der Waals surface area contributed by atoms with E-state index in [9.17, 15) is 4.79 Å². The van der Waals surface area contributed by atoms with E-state index < -0.39 is 0 Å². The van der Waals surface area contributed by atoms with Gasteiger partial charge in [0.05, 0.1) is 12.0 Å². The van der Waals surface area contributed by atoms with Gasteiger partial charge in [-0.25, -0.2) is 9.97 Å². The number of hydrogen-bond acceptors (Lipinski definition) is 5. The minimum Gasteiger partial charge on any atom is -0.379 e. The lowest BCUT2D eigenvalue weighted by molar-refractivity contribution is -0.118. The van der Waals surface area contributed by atoms with E-state index in [2.05, 4.69) is 64.4 Å². The Labute approximate surface area is 184 Å². The summed E-state index contributed by atoms with van der Waals surface area (Å²) < 4.78 is 2.12. The fourth-order valence-corrected chi connectivity index (χ4v) is 4.51. The number of nitrogens with zero attached hydrogens (tertiary/aromatic N) is 3. The van der Waals surface area contributed by atoms with Crippen LogP contribution in [0.25, 0.3) is 11.2 Å². The Balaban J connectivity index is 1.54. The van der Waals surface area contributed by atoms with Crippen LogP contribution in [0.2, 0.25) is 0 Å². The van der Waals surface area contributed by atoms with Crippen molar-refractivity contribution in [3.63, 3.8) is 0 Å². The molecule has 1 aliphatic rings. The van der Waals surface area contributed by atoms with Crippen LogP contribution in [0.1, 0.15) is 64.5 Å². The summed E-state index contributed by atoms with van der Waals surface area (Å²) >= 11 is 0. The zero-order chi connectivity index (χ0) is 21.8. The lowest BCUT2D eigenvalue weighted by Crippen LogP contribution is -2.27. The summed E-state index contributed by atoms with van der Waals surface area (Å²) in [6.07, 6.45) is 6.96. The van der Waals surface area contributed by atoms with Gasteiger partial charge in [-0.2, -0.15) is 0 Å². The van der Waals surface area contributed by atoms with Crippen molar-refractivity contribution in [1.29, 1.82) is 0 Å². The van der Waals surface area contributed by atoms with E-state index in [0.717, 1.165) is 61.3 Å². The van der Waals surface area contributed by atoms with Crippen molar-refractivity contribution in [3.8, 4) is 0 Å². The van der Waals surface area contributed by atoms with E-state index in [1.807, 2.05) is 12.4 Å². The van der Waals surface area contributed by atoms with E-state index in [-0.39, 0.29) is 6.04 Å². The van der Waals surface area contributed by atoms with Gasteiger partial charge in [0, 0.05) is 31.1 Å². The maximum absolute atomic E-state index is 11.4. The molecule has 164 valence electrons. The van der Waals surface area contributed by atoms with Crippen molar-refractivity contribution in [2.45, 2.75) is 71.5 Å². The lowest BCUT2D eigenvalue weighted by Gasteiger charge is -2.29. The van der Waals surface area contributed by atoms with Gasteiger partial charge in [0.1, 0.15) is 17.1 Å². The van der Waals surface area contributed by atoms with Crippen LogP contribution < -0.4 is 10.6 Å². The third-order valence-corrected chi connectivity index (χ3v) is 6.19. The number of hydrogen-bond donors (Lipinski definition) is 2. The molecule has 2 heterocycles. The number of fused-ring (bicyclic) bond motifs is 1. The molecule has 6 nitrogen and oxygen atoms in total. The highest BCUT2D eigenvalue weighted by Crippen LogP contribution is 2.31. The first kappa shape index (κ1) is 21.3. The van der Waals surface area contributed by atoms with Gasteiger partial charge in [-0.05, 0) is 57.9 Å². The number of imidazole rings is 1. The highest BCUT2D eigenvalue weighted by atomic mass is 16.1. The van der Waals surface area contributed by atoms with Crippen LogP contribution in [-0.4, -0.2) is 26.4 Å². The minimum absolute atomic E-state index is 0.289. The average molecular weight is 420 g/mol. The Bertz CT molecular complexity index is 1020. The van der Waals surface area contributed by atoms with Crippen molar-refractivity contribution in [2.24, 2.45) is 5.92 Å². The molecule has 31 heavy (non-hydrogen) atoms. The molecule has 0 atom stereocenters. The Kier molecular flexibility index (Phi) is 6.54. The van der Waals surface area contributed by atoms with Crippen molar-refractivity contribution >= 4 is 28.5 Å². The first-order valence-corrected chi connectivity index (χ1v) is 11.4. The summed E-state index contributed by atoms with van der Waals surface area (Å²) in [4.78, 5) is 21.0. The molecule has 0 amide bonds. The van der Waals surface area contributed by atoms with E-state index in [4.69, 9.17) is 4.98 Å². The Hall–Kier alpha value is -2.89. The molecule has 0 saturated heterocycles. The second-order valence-corrected chi connectivity index (χ2v) is 9.08. The van der Waals surface area contributed by atoms with Crippen LogP contribution in [0, 0.1) is 5.92 Å². The third kappa shape index (κ3) is 5.24. The molecule has 1 aliphatic carbocycles. The number of benzene rings is 1. The molecule has 2 N–H and O–H groups in total. The number of anilines is 2. The molecular weight excluding hydrogens is 386 g/mol. The quantitative estimate of drug-likeness (QED) is 0.499. The van der Waals surface area contributed by atoms with Gasteiger partial charge in [-0.1, -0.05) is 30.3 Å². The van der Waals surface area contributed by atoms with E-state index in [1.165, 1.54) is 5.56 Å². The van der Waals surface area contributed by atoms with Crippen LogP contribution in [0.15, 0.2) is 42.7 Å². The topological polar surface area (TPSA) is 71.8 Å². The lowest BCUT2D eigenvalue weighted by atomic mass is 9.83. The summed E-state index contributed by atoms with van der Waals surface area (Å²) in [6, 6.07) is 13.2. The van der Waals surface area contributed by atoms with Gasteiger partial charge in [0.15, 0.2) is 5.65 Å². The molecule has 6 heteroatoms. The zero-order valence-corrected chi connectivity index (χ0v) is 18.8. The molecular formula is C25H33N5O. The predicted octanol–water partition coefficient (Wildman–Crippen LogP) is 5.57. The molecule has 0 aliphatic heterocycles. The van der Waals surface area contributed by atoms with Crippen LogP contribution in [0.5, 0.6) is 0 Å². The Morgan fingerprint density at radius 2 is 1.90 bits per heavy atom. The molecule has 0 radical (unpaired) electrons. The smallest absolute Gasteiger partial charge is 0.164 e. The van der Waals surface area contributed by atoms with E-state index in [0.29, 0.717) is 17.7 Å². The molecule has 2 aromatic heterocycles. The first-order chi connectivity index (χ1) is 15.0. The number of ketones is 1. The molecule has 1 fully saturated rings. The van der Waals surface area contributed by atoms with Crippen LogP contribution in [0.3, 0.4) is 0 Å². The number of carbonyl (C=O) groups is 1. The summed E-state index contributed by atoms with van der Waals surface area (Å²) in [5, 5.41) is 7.23. The third-order valence-electron chi connectivity index (χ3n) is 6.19. The van der Waals surface area contributed by atoms with Gasteiger partial charge in [-0.3, -0.25) is 0 Å². The number of pyridine rings is 1. The standard InChI is InChI=1S/C25H33N5O/c1-17(2)30-16-27-24-22(26-15-20-7-5-4-6-8-20)14-23(29-25(24)30)28-21-11-9-19(10-12-21)13-18(3)31/h4-8,14,16-17,19,21H,9-13,15H2,1-3H3,(H2,26,28,29). The second-order valence-electron chi connectivity index (χ2n) is 9.08. The number of nitrogens with one attached hydrogen (secondary N) is 2. The summed E-state index contributed by atoms with van der Waals surface area (Å²) in [5.41, 5.74) is 4.04. The second kappa shape index (κ2) is 9.50. The van der Waals surface area contributed by atoms with Gasteiger partial charge in [0.25, 0.3) is 0 Å². The van der Waals surface area contributed by atoms with Gasteiger partial charge < -0.3 is 20.0 Å². The number of carbonyl (C=O) groups excluding carboxylic acids is 1. The SMILES string of the molecule is CC(=O)CC1CCC(Nc2cc(NCc3ccccc3)c3ncn(C(C)C)c3n2)CC1. The first-order valence-electron chi connectivity index (χ1n) is 11.4. The van der Waals surface area contributed by atoms with Crippen LogP contribution in [0.4, 0.5) is 11.5 Å². The predicted molar refractivity (Wildman–Crippen MR) is 126 cm³/mol. The highest BCUT2D eigenvalue weighted by molar-refractivity contribution is 5.88. The molecule has 1 aromatic carbocycles.